The van der Waals surface area contributed by atoms with Crippen molar-refractivity contribution >= 4 is 17.2 Å². The number of fused-ring (bicyclic) bond motifs is 1. The van der Waals surface area contributed by atoms with Gasteiger partial charge in [0.05, 0.1) is 6.42 Å². The Morgan fingerprint density at radius 1 is 1.03 bits per heavy atom. The number of pyridine rings is 1. The minimum atomic E-state index is -4.80. The smallest absolute Gasteiger partial charge is 0.376 e. The van der Waals surface area contributed by atoms with Crippen LogP contribution in [0.5, 0.6) is 0 Å². The highest BCUT2D eigenvalue weighted by Gasteiger charge is 2.51. The highest BCUT2D eigenvalue weighted by molar-refractivity contribution is 5.92. The standard InChI is InChI=1S/C23H19F3N4O2/c1-22(32,23(24,25)26)18-6-8-19(9-7-18)29-21(31)12-15-2-4-16(5-3-15)17-10-11-30-20(13-17)27-14-28-30/h2-11,13-14,32H,12H2,1H3,(H,29,31)/t22-/m0/s1. The molecule has 32 heavy (non-hydrogen) atoms. The largest absolute Gasteiger partial charge is 0.421 e. The maximum Gasteiger partial charge on any atom is 0.421 e. The molecule has 2 N–H and O–H groups in total. The van der Waals surface area contributed by atoms with Crippen LogP contribution in [-0.4, -0.2) is 31.8 Å². The maximum absolute atomic E-state index is 12.9. The molecule has 1 atom stereocenters. The zero-order valence-electron chi connectivity index (χ0n) is 17.0. The molecule has 0 spiro atoms. The zero-order chi connectivity index (χ0) is 22.9. The van der Waals surface area contributed by atoms with E-state index >= 15 is 0 Å². The molecule has 2 aromatic heterocycles. The Morgan fingerprint density at radius 2 is 1.72 bits per heavy atom. The fraction of sp³-hybridized carbons (Fsp3) is 0.174. The quantitative estimate of drug-likeness (QED) is 0.484. The molecule has 0 saturated heterocycles. The van der Waals surface area contributed by atoms with Crippen molar-refractivity contribution in [3.05, 3.63) is 84.3 Å². The van der Waals surface area contributed by atoms with E-state index in [4.69, 9.17) is 0 Å². The summed E-state index contributed by atoms with van der Waals surface area (Å²) in [4.78, 5) is 16.5. The summed E-state index contributed by atoms with van der Waals surface area (Å²) in [7, 11) is 0. The number of halogens is 3. The Hall–Kier alpha value is -3.72. The highest BCUT2D eigenvalue weighted by atomic mass is 19.4. The van der Waals surface area contributed by atoms with Crippen molar-refractivity contribution in [3.63, 3.8) is 0 Å². The third-order valence-electron chi connectivity index (χ3n) is 5.22. The van der Waals surface area contributed by atoms with Gasteiger partial charge in [-0.3, -0.25) is 4.79 Å². The molecule has 0 saturated carbocycles. The summed E-state index contributed by atoms with van der Waals surface area (Å²) >= 11 is 0. The minimum Gasteiger partial charge on any atom is -0.376 e. The van der Waals surface area contributed by atoms with Gasteiger partial charge in [-0.25, -0.2) is 9.50 Å². The van der Waals surface area contributed by atoms with Crippen LogP contribution in [0.25, 0.3) is 16.8 Å². The normalized spacial score (nSPS) is 13.7. The summed E-state index contributed by atoms with van der Waals surface area (Å²) in [5.41, 5.74) is 0.525. The number of anilines is 1. The Morgan fingerprint density at radius 3 is 2.38 bits per heavy atom. The summed E-state index contributed by atoms with van der Waals surface area (Å²) in [5, 5.41) is 16.4. The molecule has 0 aliphatic heterocycles. The van der Waals surface area contributed by atoms with Crippen LogP contribution in [0.3, 0.4) is 0 Å². The van der Waals surface area contributed by atoms with Crippen molar-refractivity contribution in [1.29, 1.82) is 0 Å². The number of hydrogen-bond donors (Lipinski definition) is 2. The first kappa shape index (κ1) is 21.5. The van der Waals surface area contributed by atoms with Crippen LogP contribution in [0, 0.1) is 0 Å². The van der Waals surface area contributed by atoms with Crippen molar-refractivity contribution in [2.75, 3.05) is 5.32 Å². The number of nitrogens with zero attached hydrogens (tertiary/aromatic N) is 3. The number of benzene rings is 2. The van der Waals surface area contributed by atoms with E-state index in [0.717, 1.165) is 34.5 Å². The number of aromatic nitrogens is 3. The van der Waals surface area contributed by atoms with E-state index in [1.807, 2.05) is 42.6 Å². The third kappa shape index (κ3) is 4.33. The van der Waals surface area contributed by atoms with E-state index in [-0.39, 0.29) is 17.9 Å². The van der Waals surface area contributed by atoms with Gasteiger partial charge in [-0.1, -0.05) is 36.4 Å². The van der Waals surface area contributed by atoms with Crippen LogP contribution < -0.4 is 5.32 Å². The summed E-state index contributed by atoms with van der Waals surface area (Å²) in [5.74, 6) is -0.307. The highest BCUT2D eigenvalue weighted by Crippen LogP contribution is 2.38. The van der Waals surface area contributed by atoms with Gasteiger partial charge in [-0.05, 0) is 53.4 Å². The number of nitrogens with one attached hydrogen (secondary N) is 1. The first-order chi connectivity index (χ1) is 15.1. The number of rotatable bonds is 5. The predicted octanol–water partition coefficient (Wildman–Crippen LogP) is 4.35. The predicted molar refractivity (Wildman–Crippen MR) is 113 cm³/mol. The summed E-state index contributed by atoms with van der Waals surface area (Å²) in [6.45, 7) is 0.689. The fourth-order valence-electron chi connectivity index (χ4n) is 3.24. The van der Waals surface area contributed by atoms with E-state index < -0.39 is 11.8 Å². The average Bonchev–Trinajstić information content (AvgIpc) is 3.22. The van der Waals surface area contributed by atoms with E-state index in [0.29, 0.717) is 12.6 Å². The average molecular weight is 440 g/mol. The van der Waals surface area contributed by atoms with Gasteiger partial charge >= 0.3 is 6.18 Å². The van der Waals surface area contributed by atoms with Gasteiger partial charge in [0, 0.05) is 11.9 Å². The number of hydrogen-bond acceptors (Lipinski definition) is 4. The van der Waals surface area contributed by atoms with Crippen molar-refractivity contribution in [1.82, 2.24) is 14.6 Å². The van der Waals surface area contributed by atoms with Gasteiger partial charge in [-0.2, -0.15) is 18.3 Å². The number of carbonyl (C=O) groups is 1. The molecule has 0 radical (unpaired) electrons. The van der Waals surface area contributed by atoms with Gasteiger partial charge in [-0.15, -0.1) is 0 Å². The van der Waals surface area contributed by atoms with E-state index in [9.17, 15) is 23.1 Å². The van der Waals surface area contributed by atoms with Crippen LogP contribution in [0.2, 0.25) is 0 Å². The molecular formula is C23H19F3N4O2. The van der Waals surface area contributed by atoms with Crippen LogP contribution in [0.1, 0.15) is 18.1 Å². The monoisotopic (exact) mass is 440 g/mol. The lowest BCUT2D eigenvalue weighted by Crippen LogP contribution is -2.39. The second-order valence-electron chi connectivity index (χ2n) is 7.55. The summed E-state index contributed by atoms with van der Waals surface area (Å²) in [6, 6.07) is 16.3. The van der Waals surface area contributed by atoms with Crippen LogP contribution in [-0.2, 0) is 16.8 Å². The summed E-state index contributed by atoms with van der Waals surface area (Å²) < 4.78 is 40.5. The van der Waals surface area contributed by atoms with Crippen LogP contribution in [0.15, 0.2) is 73.2 Å². The first-order valence-corrected chi connectivity index (χ1v) is 9.72. The van der Waals surface area contributed by atoms with Gasteiger partial charge in [0.25, 0.3) is 0 Å². The van der Waals surface area contributed by atoms with Gasteiger partial charge in [0.1, 0.15) is 6.33 Å². The molecule has 0 bridgehead atoms. The second kappa shape index (κ2) is 8.08. The number of aliphatic hydroxyl groups is 1. The molecule has 2 aromatic carbocycles. The van der Waals surface area contributed by atoms with Crippen molar-refractivity contribution < 1.29 is 23.1 Å². The fourth-order valence-corrected chi connectivity index (χ4v) is 3.24. The number of amides is 1. The maximum atomic E-state index is 12.9. The lowest BCUT2D eigenvalue weighted by Gasteiger charge is -2.26. The van der Waals surface area contributed by atoms with Crippen molar-refractivity contribution in [2.45, 2.75) is 25.1 Å². The first-order valence-electron chi connectivity index (χ1n) is 9.72. The molecule has 0 aliphatic carbocycles. The molecule has 164 valence electrons. The Balaban J connectivity index is 1.40. The molecule has 2 heterocycles. The van der Waals surface area contributed by atoms with Crippen LogP contribution >= 0.6 is 0 Å². The summed E-state index contributed by atoms with van der Waals surface area (Å²) in [6.07, 6.45) is -1.40. The Kier molecular flexibility index (Phi) is 5.43. The molecule has 9 heteroatoms. The Labute approximate surface area is 181 Å². The van der Waals surface area contributed by atoms with Gasteiger partial charge in [0.2, 0.25) is 5.91 Å². The lowest BCUT2D eigenvalue weighted by atomic mass is 9.95. The molecule has 4 rings (SSSR count). The molecule has 0 unspecified atom stereocenters. The molecule has 1 amide bonds. The Bertz CT molecular complexity index is 1250. The van der Waals surface area contributed by atoms with E-state index in [1.54, 1.807) is 4.52 Å². The van der Waals surface area contributed by atoms with Gasteiger partial charge < -0.3 is 10.4 Å². The molecule has 6 nitrogen and oxygen atoms in total. The molecule has 4 aromatic rings. The number of carbonyl (C=O) groups excluding carboxylic acids is 1. The molecule has 0 aliphatic rings. The minimum absolute atomic E-state index is 0.103. The number of alkyl halides is 3. The van der Waals surface area contributed by atoms with Crippen molar-refractivity contribution in [3.8, 4) is 11.1 Å². The SMILES string of the molecule is C[C@](O)(c1ccc(NC(=O)Cc2ccc(-c3ccn4ncnc4c3)cc2)cc1)C(F)(F)F. The third-order valence-corrected chi connectivity index (χ3v) is 5.22. The van der Waals surface area contributed by atoms with Crippen molar-refractivity contribution in [2.24, 2.45) is 0 Å². The zero-order valence-corrected chi connectivity index (χ0v) is 17.0. The van der Waals surface area contributed by atoms with Crippen LogP contribution in [0.4, 0.5) is 18.9 Å². The topological polar surface area (TPSA) is 79.5 Å². The van der Waals surface area contributed by atoms with E-state index in [2.05, 4.69) is 15.4 Å². The second-order valence-corrected chi connectivity index (χ2v) is 7.55. The molecular weight excluding hydrogens is 421 g/mol. The lowest BCUT2D eigenvalue weighted by molar-refractivity contribution is -0.258. The molecule has 0 fully saturated rings. The van der Waals surface area contributed by atoms with Gasteiger partial charge in [0.15, 0.2) is 11.2 Å². The van der Waals surface area contributed by atoms with E-state index in [1.165, 1.54) is 18.5 Å².